The van der Waals surface area contributed by atoms with Crippen LogP contribution in [0.1, 0.15) is 15.2 Å². The average Bonchev–Trinajstić information content (AvgIpc) is 3.28. The van der Waals surface area contributed by atoms with Crippen molar-refractivity contribution in [2.45, 2.75) is 0 Å². The fourth-order valence-corrected chi connectivity index (χ4v) is 5.26. The normalized spacial score (nSPS) is 10.9. The Morgan fingerprint density at radius 3 is 2.43 bits per heavy atom. The number of benzene rings is 3. The first-order valence-electron chi connectivity index (χ1n) is 11.2. The molecule has 5 aromatic rings. The minimum atomic E-state index is -0.536. The number of fused-ring (bicyclic) bond motifs is 1. The summed E-state index contributed by atoms with van der Waals surface area (Å²) in [5.41, 5.74) is 9.92. The molecule has 0 atom stereocenters. The van der Waals surface area contributed by atoms with Crippen LogP contribution in [0.25, 0.3) is 32.6 Å². The highest BCUT2D eigenvalue weighted by molar-refractivity contribution is 7.21. The number of ether oxygens (including phenoxy) is 2. The number of nitrogen functional groups attached to an aromatic ring is 1. The third kappa shape index (κ3) is 4.36. The molecule has 8 nitrogen and oxygen atoms in total. The van der Waals surface area contributed by atoms with E-state index in [2.05, 4.69) is 0 Å². The van der Waals surface area contributed by atoms with E-state index in [4.69, 9.17) is 20.2 Å². The molecule has 0 amide bonds. The van der Waals surface area contributed by atoms with Gasteiger partial charge < -0.3 is 15.2 Å². The Morgan fingerprint density at radius 2 is 1.73 bits per heavy atom. The summed E-state index contributed by atoms with van der Waals surface area (Å²) in [4.78, 5) is 29.8. The number of nitro benzene ring substituents is 1. The van der Waals surface area contributed by atoms with Crippen molar-refractivity contribution >= 4 is 38.7 Å². The quantitative estimate of drug-likeness (QED) is 0.153. The second-order valence-electron chi connectivity index (χ2n) is 8.15. The lowest BCUT2D eigenvalue weighted by Crippen LogP contribution is -2.03. The Hall–Kier alpha value is -4.76. The van der Waals surface area contributed by atoms with Crippen LogP contribution in [-0.2, 0) is 0 Å². The predicted octanol–water partition coefficient (Wildman–Crippen LogP) is 6.37. The predicted molar refractivity (Wildman–Crippen MR) is 145 cm³/mol. The Morgan fingerprint density at radius 1 is 0.946 bits per heavy atom. The standard InChI is InChI=1S/C28H21N3O5S/c1-35-19-11-12-23(36-2)20(14-19)21-15-22(16-7-4-3-5-8-16)30-28-24(21)25(29)27(37-28)26(32)17-9-6-10-18(13-17)31(33)34/h3-15H,29H2,1-2H3. The summed E-state index contributed by atoms with van der Waals surface area (Å²) in [7, 11) is 3.16. The van der Waals surface area contributed by atoms with E-state index in [0.717, 1.165) is 28.0 Å². The van der Waals surface area contributed by atoms with Crippen molar-refractivity contribution in [3.63, 3.8) is 0 Å². The molecule has 0 aliphatic heterocycles. The van der Waals surface area contributed by atoms with Crippen molar-refractivity contribution in [2.75, 3.05) is 20.0 Å². The van der Waals surface area contributed by atoms with Gasteiger partial charge in [0, 0.05) is 39.8 Å². The first-order chi connectivity index (χ1) is 17.9. The Balaban J connectivity index is 1.78. The summed E-state index contributed by atoms with van der Waals surface area (Å²) in [5, 5.41) is 11.8. The highest BCUT2D eigenvalue weighted by Crippen LogP contribution is 2.45. The average molecular weight is 512 g/mol. The Labute approximate surface area is 216 Å². The topological polar surface area (TPSA) is 118 Å². The maximum Gasteiger partial charge on any atom is 0.270 e. The van der Waals surface area contributed by atoms with Crippen LogP contribution < -0.4 is 15.2 Å². The maximum atomic E-state index is 13.5. The molecule has 0 aliphatic carbocycles. The molecule has 0 radical (unpaired) electrons. The van der Waals surface area contributed by atoms with Gasteiger partial charge in [0.05, 0.1) is 30.5 Å². The second kappa shape index (κ2) is 9.71. The largest absolute Gasteiger partial charge is 0.497 e. The minimum absolute atomic E-state index is 0.170. The van der Waals surface area contributed by atoms with Crippen LogP contribution in [-0.4, -0.2) is 29.9 Å². The van der Waals surface area contributed by atoms with Gasteiger partial charge >= 0.3 is 0 Å². The number of hydrogen-bond donors (Lipinski definition) is 1. The molecule has 2 aromatic heterocycles. The molecule has 2 N–H and O–H groups in total. The van der Waals surface area contributed by atoms with Gasteiger partial charge in [0.25, 0.3) is 5.69 Å². The number of nitro groups is 1. The van der Waals surface area contributed by atoms with Crippen LogP contribution in [0.4, 0.5) is 11.4 Å². The number of anilines is 1. The molecular weight excluding hydrogens is 490 g/mol. The van der Waals surface area contributed by atoms with Gasteiger partial charge in [-0.3, -0.25) is 14.9 Å². The summed E-state index contributed by atoms with van der Waals surface area (Å²) in [6.07, 6.45) is 0. The first kappa shape index (κ1) is 24.0. The van der Waals surface area contributed by atoms with Crippen molar-refractivity contribution in [2.24, 2.45) is 0 Å². The van der Waals surface area contributed by atoms with Crippen LogP contribution in [0.5, 0.6) is 11.5 Å². The fourth-order valence-electron chi connectivity index (χ4n) is 4.18. The fraction of sp³-hybridized carbons (Fsp3) is 0.0714. The van der Waals surface area contributed by atoms with Gasteiger partial charge in [0.1, 0.15) is 21.2 Å². The summed E-state index contributed by atoms with van der Waals surface area (Å²) in [6, 6.07) is 22.6. The molecule has 2 heterocycles. The maximum absolute atomic E-state index is 13.5. The molecule has 3 aromatic carbocycles. The zero-order chi connectivity index (χ0) is 26.1. The first-order valence-corrected chi connectivity index (χ1v) is 12.0. The summed E-state index contributed by atoms with van der Waals surface area (Å²) in [6.45, 7) is 0. The van der Waals surface area contributed by atoms with E-state index in [-0.39, 0.29) is 21.8 Å². The molecule has 0 saturated heterocycles. The van der Waals surface area contributed by atoms with Crippen molar-refractivity contribution < 1.29 is 19.2 Å². The zero-order valence-corrected chi connectivity index (χ0v) is 20.7. The van der Waals surface area contributed by atoms with Gasteiger partial charge in [0.2, 0.25) is 5.78 Å². The number of nitrogens with two attached hydrogens (primary N) is 1. The molecule has 0 saturated carbocycles. The van der Waals surface area contributed by atoms with E-state index in [1.807, 2.05) is 42.5 Å². The number of nitrogens with zero attached hydrogens (tertiary/aromatic N) is 2. The molecule has 5 rings (SSSR count). The lowest BCUT2D eigenvalue weighted by molar-refractivity contribution is -0.384. The SMILES string of the molecule is COc1ccc(OC)c(-c2cc(-c3ccccc3)nc3sc(C(=O)c4cccc([N+](=O)[O-])c4)c(N)c23)c1. The molecule has 37 heavy (non-hydrogen) atoms. The second-order valence-corrected chi connectivity index (χ2v) is 9.15. The van der Waals surface area contributed by atoms with Crippen LogP contribution >= 0.6 is 11.3 Å². The summed E-state index contributed by atoms with van der Waals surface area (Å²) < 4.78 is 11.1. The van der Waals surface area contributed by atoms with Crippen LogP contribution in [0.2, 0.25) is 0 Å². The van der Waals surface area contributed by atoms with Gasteiger partial charge in [-0.2, -0.15) is 0 Å². The van der Waals surface area contributed by atoms with Crippen molar-refractivity contribution in [3.05, 3.63) is 99.4 Å². The van der Waals surface area contributed by atoms with E-state index in [9.17, 15) is 14.9 Å². The molecule has 0 spiro atoms. The van der Waals surface area contributed by atoms with E-state index in [1.54, 1.807) is 26.4 Å². The van der Waals surface area contributed by atoms with E-state index in [0.29, 0.717) is 27.4 Å². The highest BCUT2D eigenvalue weighted by Gasteiger charge is 2.24. The lowest BCUT2D eigenvalue weighted by Gasteiger charge is -2.13. The number of aromatic nitrogens is 1. The summed E-state index contributed by atoms with van der Waals surface area (Å²) in [5.74, 6) is 0.821. The van der Waals surface area contributed by atoms with Crippen LogP contribution in [0, 0.1) is 10.1 Å². The van der Waals surface area contributed by atoms with Crippen LogP contribution in [0.15, 0.2) is 78.9 Å². The number of ketones is 1. The van der Waals surface area contributed by atoms with Crippen molar-refractivity contribution in [1.29, 1.82) is 0 Å². The monoisotopic (exact) mass is 511 g/mol. The highest BCUT2D eigenvalue weighted by atomic mass is 32.1. The molecule has 9 heteroatoms. The molecule has 0 fully saturated rings. The van der Waals surface area contributed by atoms with E-state index < -0.39 is 10.7 Å². The number of methoxy groups -OCH3 is 2. The zero-order valence-electron chi connectivity index (χ0n) is 19.9. The Kier molecular flexibility index (Phi) is 6.29. The van der Waals surface area contributed by atoms with E-state index >= 15 is 0 Å². The third-order valence-corrected chi connectivity index (χ3v) is 7.09. The number of pyridine rings is 1. The number of carbonyl (C=O) groups is 1. The summed E-state index contributed by atoms with van der Waals surface area (Å²) >= 11 is 1.15. The molecule has 0 unspecified atom stereocenters. The minimum Gasteiger partial charge on any atom is -0.497 e. The number of non-ortho nitro benzene ring substituents is 1. The van der Waals surface area contributed by atoms with Gasteiger partial charge in [-0.05, 0) is 24.3 Å². The number of rotatable bonds is 7. The Bertz CT molecular complexity index is 1660. The van der Waals surface area contributed by atoms with Crippen molar-refractivity contribution in [3.8, 4) is 33.9 Å². The molecule has 0 aliphatic rings. The van der Waals surface area contributed by atoms with E-state index in [1.165, 1.54) is 24.3 Å². The smallest absolute Gasteiger partial charge is 0.270 e. The van der Waals surface area contributed by atoms with Gasteiger partial charge in [0.15, 0.2) is 0 Å². The molecule has 0 bridgehead atoms. The van der Waals surface area contributed by atoms with Crippen LogP contribution in [0.3, 0.4) is 0 Å². The molecule has 184 valence electrons. The van der Waals surface area contributed by atoms with Gasteiger partial charge in [-0.15, -0.1) is 11.3 Å². The number of hydrogen-bond acceptors (Lipinski definition) is 8. The number of thiophene rings is 1. The molecular formula is C28H21N3O5S. The van der Waals surface area contributed by atoms with Crippen molar-refractivity contribution in [1.82, 2.24) is 4.98 Å². The van der Waals surface area contributed by atoms with Gasteiger partial charge in [-0.1, -0.05) is 42.5 Å². The third-order valence-electron chi connectivity index (χ3n) is 5.99. The van der Waals surface area contributed by atoms with Gasteiger partial charge in [-0.25, -0.2) is 4.98 Å². The number of carbonyl (C=O) groups excluding carboxylic acids is 1. The lowest BCUT2D eigenvalue weighted by atomic mass is 9.97.